The Hall–Kier alpha value is -2.96. The summed E-state index contributed by atoms with van der Waals surface area (Å²) in [6, 6.07) is 9.50. The fraction of sp³-hybridized carbons (Fsp3) is 0.294. The van der Waals surface area contributed by atoms with E-state index >= 15 is 0 Å². The van der Waals surface area contributed by atoms with Gasteiger partial charge in [0.25, 0.3) is 0 Å². The molecule has 0 aliphatic rings. The molecule has 2 N–H and O–H groups in total. The van der Waals surface area contributed by atoms with E-state index in [1.54, 1.807) is 11.6 Å². The zero-order valence-corrected chi connectivity index (χ0v) is 13.6. The molecular formula is C17H19N5O2. The number of nitrogens with zero attached hydrogens (tertiary/aromatic N) is 4. The highest BCUT2D eigenvalue weighted by atomic mass is 16.5. The van der Waals surface area contributed by atoms with E-state index in [0.29, 0.717) is 29.2 Å². The summed E-state index contributed by atoms with van der Waals surface area (Å²) in [5.74, 6) is 0.102. The van der Waals surface area contributed by atoms with E-state index in [1.807, 2.05) is 37.3 Å². The minimum atomic E-state index is -0.267. The Kier molecular flexibility index (Phi) is 4.41. The number of rotatable bonds is 5. The van der Waals surface area contributed by atoms with Crippen LogP contribution >= 0.6 is 0 Å². The highest BCUT2D eigenvalue weighted by Crippen LogP contribution is 2.31. The van der Waals surface area contributed by atoms with Gasteiger partial charge in [-0.3, -0.25) is 4.79 Å². The highest BCUT2D eigenvalue weighted by Gasteiger charge is 2.21. The minimum Gasteiger partial charge on any atom is -0.466 e. The molecule has 1 aromatic carbocycles. The van der Waals surface area contributed by atoms with Gasteiger partial charge in [0.15, 0.2) is 5.65 Å². The van der Waals surface area contributed by atoms with Crippen molar-refractivity contribution in [1.82, 2.24) is 19.7 Å². The summed E-state index contributed by atoms with van der Waals surface area (Å²) in [6.07, 6.45) is 1.62. The van der Waals surface area contributed by atoms with Crippen LogP contribution in [0.1, 0.15) is 26.3 Å². The molecule has 0 bridgehead atoms. The Balaban J connectivity index is 2.10. The third-order valence-electron chi connectivity index (χ3n) is 3.75. The van der Waals surface area contributed by atoms with Gasteiger partial charge in [-0.25, -0.2) is 14.6 Å². The summed E-state index contributed by atoms with van der Waals surface area (Å²) >= 11 is 0. The molecule has 3 rings (SSSR count). The molecule has 7 heteroatoms. The van der Waals surface area contributed by atoms with Gasteiger partial charge in [0.05, 0.1) is 24.5 Å². The number of esters is 1. The van der Waals surface area contributed by atoms with Crippen LogP contribution in [0.4, 0.5) is 5.82 Å². The zero-order valence-electron chi connectivity index (χ0n) is 13.6. The quantitative estimate of drug-likeness (QED) is 0.724. The Morgan fingerprint density at radius 2 is 2.04 bits per heavy atom. The van der Waals surface area contributed by atoms with Crippen LogP contribution in [-0.2, 0) is 9.53 Å². The number of carbonyl (C=O) groups is 1. The molecular weight excluding hydrogens is 306 g/mol. The van der Waals surface area contributed by atoms with Crippen molar-refractivity contribution in [3.05, 3.63) is 36.7 Å². The number of carbonyl (C=O) groups excluding carboxylic acids is 1. The van der Waals surface area contributed by atoms with Crippen molar-refractivity contribution in [1.29, 1.82) is 0 Å². The first-order valence-electron chi connectivity index (χ1n) is 7.81. The van der Waals surface area contributed by atoms with Crippen LogP contribution in [0, 0.1) is 0 Å². The molecule has 1 atom stereocenters. The lowest BCUT2D eigenvalue weighted by atomic mass is 10.1. The monoisotopic (exact) mass is 325 g/mol. The van der Waals surface area contributed by atoms with E-state index < -0.39 is 0 Å². The van der Waals surface area contributed by atoms with Crippen LogP contribution in [-0.4, -0.2) is 32.3 Å². The molecule has 0 aliphatic heterocycles. The van der Waals surface area contributed by atoms with Gasteiger partial charge < -0.3 is 10.5 Å². The highest BCUT2D eigenvalue weighted by molar-refractivity contribution is 5.98. The smallest absolute Gasteiger partial charge is 0.307 e. The van der Waals surface area contributed by atoms with Crippen molar-refractivity contribution in [3.8, 4) is 11.3 Å². The van der Waals surface area contributed by atoms with E-state index in [1.165, 1.54) is 6.33 Å². The van der Waals surface area contributed by atoms with Gasteiger partial charge in [0.1, 0.15) is 17.8 Å². The summed E-state index contributed by atoms with van der Waals surface area (Å²) in [5.41, 5.74) is 8.30. The maximum Gasteiger partial charge on any atom is 0.307 e. The molecule has 0 radical (unpaired) electrons. The summed E-state index contributed by atoms with van der Waals surface area (Å²) < 4.78 is 6.74. The van der Waals surface area contributed by atoms with Crippen LogP contribution in [0.3, 0.4) is 0 Å². The lowest BCUT2D eigenvalue weighted by Gasteiger charge is -2.12. The topological polar surface area (TPSA) is 95.9 Å². The minimum absolute atomic E-state index is 0.210. The van der Waals surface area contributed by atoms with Crippen molar-refractivity contribution >= 4 is 22.8 Å². The molecule has 1 unspecified atom stereocenters. The van der Waals surface area contributed by atoms with Gasteiger partial charge in [-0.1, -0.05) is 30.3 Å². The number of nitrogens with two attached hydrogens (primary N) is 1. The maximum atomic E-state index is 11.8. The largest absolute Gasteiger partial charge is 0.466 e. The number of benzene rings is 1. The lowest BCUT2D eigenvalue weighted by molar-refractivity contribution is -0.143. The van der Waals surface area contributed by atoms with Crippen molar-refractivity contribution in [3.63, 3.8) is 0 Å². The van der Waals surface area contributed by atoms with Gasteiger partial charge in [0.2, 0.25) is 0 Å². The maximum absolute atomic E-state index is 11.8. The fourth-order valence-electron chi connectivity index (χ4n) is 2.65. The second-order valence-electron chi connectivity index (χ2n) is 5.47. The summed E-state index contributed by atoms with van der Waals surface area (Å²) in [7, 11) is 0. The number of aromatic nitrogens is 4. The second kappa shape index (κ2) is 6.66. The van der Waals surface area contributed by atoms with Crippen LogP contribution in [0.25, 0.3) is 22.3 Å². The molecule has 0 saturated heterocycles. The molecule has 0 spiro atoms. The van der Waals surface area contributed by atoms with Crippen LogP contribution in [0.5, 0.6) is 0 Å². The third kappa shape index (κ3) is 2.92. The standard InChI is InChI=1S/C17H19N5O2/c1-3-24-13(23)9-11(2)22-17-14(16(18)19-10-20-17)15(21-22)12-7-5-4-6-8-12/h4-8,10-11H,3,9H2,1-2H3,(H2,18,19,20). The predicted octanol–water partition coefficient (Wildman–Crippen LogP) is 2.59. The van der Waals surface area contributed by atoms with Crippen LogP contribution < -0.4 is 5.73 Å². The number of ether oxygens (including phenoxy) is 1. The van der Waals surface area contributed by atoms with Gasteiger partial charge >= 0.3 is 5.97 Å². The molecule has 7 nitrogen and oxygen atoms in total. The van der Waals surface area contributed by atoms with Crippen molar-refractivity contribution in [2.75, 3.05) is 12.3 Å². The molecule has 0 fully saturated rings. The predicted molar refractivity (Wildman–Crippen MR) is 91.1 cm³/mol. The molecule has 124 valence electrons. The molecule has 0 saturated carbocycles. The Morgan fingerprint density at radius 1 is 1.29 bits per heavy atom. The average Bonchev–Trinajstić information content (AvgIpc) is 2.97. The number of hydrogen-bond donors (Lipinski definition) is 1. The number of hydrogen-bond acceptors (Lipinski definition) is 6. The first-order chi connectivity index (χ1) is 11.6. The average molecular weight is 325 g/mol. The molecule has 0 aliphatic carbocycles. The van der Waals surface area contributed by atoms with E-state index in [2.05, 4.69) is 15.1 Å². The molecule has 2 aromatic heterocycles. The number of anilines is 1. The van der Waals surface area contributed by atoms with E-state index in [-0.39, 0.29) is 18.4 Å². The molecule has 24 heavy (non-hydrogen) atoms. The van der Waals surface area contributed by atoms with Gasteiger partial charge in [0, 0.05) is 5.56 Å². The Labute approximate surface area is 139 Å². The number of fused-ring (bicyclic) bond motifs is 1. The summed E-state index contributed by atoms with van der Waals surface area (Å²) in [5, 5.41) is 5.35. The van der Waals surface area contributed by atoms with Crippen molar-refractivity contribution < 1.29 is 9.53 Å². The molecule has 0 amide bonds. The first kappa shape index (κ1) is 15.9. The van der Waals surface area contributed by atoms with Crippen molar-refractivity contribution in [2.45, 2.75) is 26.3 Å². The zero-order chi connectivity index (χ0) is 17.1. The van der Waals surface area contributed by atoms with Crippen molar-refractivity contribution in [2.24, 2.45) is 0 Å². The summed E-state index contributed by atoms with van der Waals surface area (Å²) in [6.45, 7) is 4.04. The van der Waals surface area contributed by atoms with E-state index in [9.17, 15) is 4.79 Å². The number of nitrogen functional groups attached to an aromatic ring is 1. The third-order valence-corrected chi connectivity index (χ3v) is 3.75. The molecule has 2 heterocycles. The Morgan fingerprint density at radius 3 is 2.75 bits per heavy atom. The van der Waals surface area contributed by atoms with E-state index in [4.69, 9.17) is 10.5 Å². The second-order valence-corrected chi connectivity index (χ2v) is 5.47. The van der Waals surface area contributed by atoms with Crippen LogP contribution in [0.2, 0.25) is 0 Å². The molecule has 3 aromatic rings. The summed E-state index contributed by atoms with van der Waals surface area (Å²) in [4.78, 5) is 20.2. The van der Waals surface area contributed by atoms with Gasteiger partial charge in [-0.05, 0) is 13.8 Å². The van der Waals surface area contributed by atoms with Crippen LogP contribution in [0.15, 0.2) is 36.7 Å². The Bertz CT molecular complexity index is 860. The lowest BCUT2D eigenvalue weighted by Crippen LogP contribution is -2.15. The normalized spacial score (nSPS) is 12.2. The SMILES string of the molecule is CCOC(=O)CC(C)n1nc(-c2ccccc2)c2c(N)ncnc21. The van der Waals surface area contributed by atoms with Gasteiger partial charge in [-0.15, -0.1) is 0 Å². The van der Waals surface area contributed by atoms with Gasteiger partial charge in [-0.2, -0.15) is 5.10 Å². The first-order valence-corrected chi connectivity index (χ1v) is 7.81. The fourth-order valence-corrected chi connectivity index (χ4v) is 2.65. The van der Waals surface area contributed by atoms with E-state index in [0.717, 1.165) is 5.56 Å².